The van der Waals surface area contributed by atoms with Gasteiger partial charge in [0.05, 0.1) is 13.7 Å². The molecule has 0 atom stereocenters. The van der Waals surface area contributed by atoms with Gasteiger partial charge >= 0.3 is 0 Å². The van der Waals surface area contributed by atoms with Crippen LogP contribution in [0.3, 0.4) is 0 Å². The zero-order valence-corrected chi connectivity index (χ0v) is 12.4. The Hall–Kier alpha value is -2.08. The summed E-state index contributed by atoms with van der Waals surface area (Å²) in [6, 6.07) is 5.05. The van der Waals surface area contributed by atoms with Crippen LogP contribution in [0.4, 0.5) is 0 Å². The Balaban J connectivity index is 2.34. The average Bonchev–Trinajstić information content (AvgIpc) is 2.85. The lowest BCUT2D eigenvalue weighted by Gasteiger charge is -2.09. The normalized spacial score (nSPS) is 11.4. The summed E-state index contributed by atoms with van der Waals surface area (Å²) in [5.41, 5.74) is 0.471. The zero-order chi connectivity index (χ0) is 14.5. The Labute approximate surface area is 121 Å². The summed E-state index contributed by atoms with van der Waals surface area (Å²) in [4.78, 5) is 16.9. The number of nitrogens with zero attached hydrogens (tertiary/aromatic N) is 2. The van der Waals surface area contributed by atoms with Gasteiger partial charge in [-0.3, -0.25) is 4.79 Å². The maximum Gasteiger partial charge on any atom is 0.279 e. The quantitative estimate of drug-likeness (QED) is 0.868. The number of rotatable bonds is 4. The van der Waals surface area contributed by atoms with Crippen molar-refractivity contribution in [1.29, 1.82) is 0 Å². The van der Waals surface area contributed by atoms with Gasteiger partial charge in [0.1, 0.15) is 0 Å². The molecule has 20 heavy (non-hydrogen) atoms. The fourth-order valence-electron chi connectivity index (χ4n) is 1.66. The monoisotopic (exact) mass is 292 g/mol. The van der Waals surface area contributed by atoms with E-state index in [1.807, 2.05) is 25.5 Å². The molecule has 1 heterocycles. The number of aryl methyl sites for hydroxylation is 1. The molecule has 0 unspecified atom stereocenters. The van der Waals surface area contributed by atoms with Crippen LogP contribution < -0.4 is 14.3 Å². The van der Waals surface area contributed by atoms with Gasteiger partial charge in [0.2, 0.25) is 0 Å². The van der Waals surface area contributed by atoms with E-state index in [0.717, 1.165) is 0 Å². The van der Waals surface area contributed by atoms with Crippen LogP contribution in [0.25, 0.3) is 0 Å². The van der Waals surface area contributed by atoms with Gasteiger partial charge in [-0.2, -0.15) is 4.99 Å². The Kier molecular flexibility index (Phi) is 4.57. The molecule has 1 amide bonds. The van der Waals surface area contributed by atoms with Crippen molar-refractivity contribution in [2.75, 3.05) is 13.7 Å². The first-order valence-corrected chi connectivity index (χ1v) is 7.03. The number of carbonyl (C=O) groups is 1. The van der Waals surface area contributed by atoms with Crippen molar-refractivity contribution < 1.29 is 14.3 Å². The summed E-state index contributed by atoms with van der Waals surface area (Å²) < 4.78 is 12.4. The fourth-order valence-corrected chi connectivity index (χ4v) is 2.39. The van der Waals surface area contributed by atoms with Crippen molar-refractivity contribution in [2.45, 2.75) is 6.92 Å². The van der Waals surface area contributed by atoms with Crippen molar-refractivity contribution in [1.82, 2.24) is 4.57 Å². The number of aromatic nitrogens is 1. The second kappa shape index (κ2) is 6.38. The highest BCUT2D eigenvalue weighted by atomic mass is 32.1. The fraction of sp³-hybridized carbons (Fsp3) is 0.286. The van der Waals surface area contributed by atoms with Crippen molar-refractivity contribution in [2.24, 2.45) is 12.0 Å². The Bertz CT molecular complexity index is 673. The van der Waals surface area contributed by atoms with Crippen LogP contribution >= 0.6 is 11.3 Å². The molecule has 0 saturated heterocycles. The first-order chi connectivity index (χ1) is 9.65. The van der Waals surface area contributed by atoms with Crippen molar-refractivity contribution >= 4 is 17.2 Å². The van der Waals surface area contributed by atoms with E-state index in [2.05, 4.69) is 4.99 Å². The highest BCUT2D eigenvalue weighted by Crippen LogP contribution is 2.28. The van der Waals surface area contributed by atoms with Crippen LogP contribution in [0.15, 0.2) is 34.8 Å². The molecule has 1 aromatic heterocycles. The highest BCUT2D eigenvalue weighted by Gasteiger charge is 2.10. The van der Waals surface area contributed by atoms with Gasteiger partial charge < -0.3 is 14.0 Å². The van der Waals surface area contributed by atoms with Crippen LogP contribution in [-0.4, -0.2) is 24.2 Å². The molecule has 0 radical (unpaired) electrons. The smallest absolute Gasteiger partial charge is 0.279 e. The Morgan fingerprint density at radius 1 is 1.40 bits per heavy atom. The van der Waals surface area contributed by atoms with E-state index in [4.69, 9.17) is 9.47 Å². The Morgan fingerprint density at radius 2 is 2.20 bits per heavy atom. The summed E-state index contributed by atoms with van der Waals surface area (Å²) in [6.07, 6.45) is 1.86. The Morgan fingerprint density at radius 3 is 2.80 bits per heavy atom. The van der Waals surface area contributed by atoms with Crippen molar-refractivity contribution in [3.05, 3.63) is 40.1 Å². The van der Waals surface area contributed by atoms with E-state index in [9.17, 15) is 4.79 Å². The molecule has 0 aliphatic carbocycles. The lowest BCUT2D eigenvalue weighted by Crippen LogP contribution is -2.12. The third-order valence-corrected chi connectivity index (χ3v) is 3.52. The molecular formula is C14H16N2O3S. The van der Waals surface area contributed by atoms with Gasteiger partial charge in [-0.25, -0.2) is 0 Å². The maximum atomic E-state index is 12.1. The molecule has 6 heteroatoms. The second-order valence-corrected chi connectivity index (χ2v) is 4.89. The molecule has 0 bridgehead atoms. The number of methoxy groups -OCH3 is 1. The summed E-state index contributed by atoms with van der Waals surface area (Å²) >= 11 is 1.41. The van der Waals surface area contributed by atoms with E-state index in [-0.39, 0.29) is 5.91 Å². The van der Waals surface area contributed by atoms with E-state index >= 15 is 0 Å². The van der Waals surface area contributed by atoms with E-state index in [0.29, 0.717) is 28.5 Å². The largest absolute Gasteiger partial charge is 0.493 e. The number of benzene rings is 1. The molecule has 0 aliphatic rings. The number of hydrogen-bond donors (Lipinski definition) is 0. The third-order valence-electron chi connectivity index (χ3n) is 2.67. The van der Waals surface area contributed by atoms with Gasteiger partial charge in [-0.1, -0.05) is 0 Å². The number of hydrogen-bond acceptors (Lipinski definition) is 4. The summed E-state index contributed by atoms with van der Waals surface area (Å²) in [6.45, 7) is 2.43. The molecule has 5 nitrogen and oxygen atoms in total. The summed E-state index contributed by atoms with van der Waals surface area (Å²) in [5.74, 6) is 0.848. The van der Waals surface area contributed by atoms with Gasteiger partial charge in [0, 0.05) is 24.2 Å². The van der Waals surface area contributed by atoms with Crippen molar-refractivity contribution in [3.8, 4) is 11.5 Å². The SMILES string of the molecule is CCOc1ccc(C(=O)N=c2sccn2C)cc1OC. The average molecular weight is 292 g/mol. The number of thiazole rings is 1. The maximum absolute atomic E-state index is 12.1. The second-order valence-electron chi connectivity index (χ2n) is 4.01. The standard InChI is InChI=1S/C14H16N2O3S/c1-4-19-11-6-5-10(9-12(11)18-3)13(17)15-14-16(2)7-8-20-14/h5-9H,4H2,1-3H3. The van der Waals surface area contributed by atoms with Crippen molar-refractivity contribution in [3.63, 3.8) is 0 Å². The van der Waals surface area contributed by atoms with Crippen LogP contribution in [-0.2, 0) is 7.05 Å². The number of amides is 1. The van der Waals surface area contributed by atoms with Crippen LogP contribution in [0.1, 0.15) is 17.3 Å². The molecule has 0 spiro atoms. The van der Waals surface area contributed by atoms with Gasteiger partial charge in [-0.05, 0) is 25.1 Å². The molecule has 1 aromatic carbocycles. The predicted molar refractivity (Wildman–Crippen MR) is 77.3 cm³/mol. The van der Waals surface area contributed by atoms with E-state index < -0.39 is 0 Å². The van der Waals surface area contributed by atoms with Crippen LogP contribution in [0.2, 0.25) is 0 Å². The third kappa shape index (κ3) is 3.08. The highest BCUT2D eigenvalue weighted by molar-refractivity contribution is 7.07. The summed E-state index contributed by atoms with van der Waals surface area (Å²) in [7, 11) is 3.39. The molecule has 2 aromatic rings. The first kappa shape index (κ1) is 14.3. The summed E-state index contributed by atoms with van der Waals surface area (Å²) in [5, 5.41) is 1.88. The molecular weight excluding hydrogens is 276 g/mol. The molecule has 106 valence electrons. The molecule has 2 rings (SSSR count). The number of carbonyl (C=O) groups excluding carboxylic acids is 1. The van der Waals surface area contributed by atoms with Gasteiger partial charge in [0.25, 0.3) is 5.91 Å². The first-order valence-electron chi connectivity index (χ1n) is 6.15. The minimum absolute atomic E-state index is 0.301. The molecule has 0 N–H and O–H groups in total. The van der Waals surface area contributed by atoms with Crippen LogP contribution in [0, 0.1) is 0 Å². The minimum Gasteiger partial charge on any atom is -0.493 e. The number of ether oxygens (including phenoxy) is 2. The zero-order valence-electron chi connectivity index (χ0n) is 11.6. The lowest BCUT2D eigenvalue weighted by atomic mass is 10.2. The van der Waals surface area contributed by atoms with E-state index in [1.165, 1.54) is 11.3 Å². The van der Waals surface area contributed by atoms with Gasteiger partial charge in [0.15, 0.2) is 16.3 Å². The molecule has 0 aliphatic heterocycles. The lowest BCUT2D eigenvalue weighted by molar-refractivity contribution is 0.0997. The predicted octanol–water partition coefficient (Wildman–Crippen LogP) is 2.24. The van der Waals surface area contributed by atoms with Gasteiger partial charge in [-0.15, -0.1) is 11.3 Å². The van der Waals surface area contributed by atoms with Crippen LogP contribution in [0.5, 0.6) is 11.5 Å². The van der Waals surface area contributed by atoms with E-state index in [1.54, 1.807) is 29.9 Å². The minimum atomic E-state index is -0.301. The molecule has 0 fully saturated rings. The topological polar surface area (TPSA) is 52.8 Å². The molecule has 0 saturated carbocycles.